The summed E-state index contributed by atoms with van der Waals surface area (Å²) in [6.07, 6.45) is 2.35. The van der Waals surface area contributed by atoms with Crippen molar-refractivity contribution in [2.75, 3.05) is 11.9 Å². The van der Waals surface area contributed by atoms with Crippen LogP contribution in [-0.2, 0) is 13.0 Å². The Morgan fingerprint density at radius 3 is 2.67 bits per heavy atom. The fourth-order valence-corrected chi connectivity index (χ4v) is 1.54. The Morgan fingerprint density at radius 1 is 1.17 bits per heavy atom. The van der Waals surface area contributed by atoms with E-state index >= 15 is 0 Å². The van der Waals surface area contributed by atoms with Gasteiger partial charge in [-0.3, -0.25) is 0 Å². The summed E-state index contributed by atoms with van der Waals surface area (Å²) in [6, 6.07) is 8.05. The highest BCUT2D eigenvalue weighted by Gasteiger charge is 1.98. The van der Waals surface area contributed by atoms with Crippen molar-refractivity contribution < 1.29 is 9.50 Å². The van der Waals surface area contributed by atoms with Crippen LogP contribution in [0, 0.1) is 5.82 Å². The Balaban J connectivity index is 1.86. The summed E-state index contributed by atoms with van der Waals surface area (Å²) >= 11 is 0. The second-order valence-corrected chi connectivity index (χ2v) is 3.83. The molecule has 0 fully saturated rings. The molecule has 0 aliphatic carbocycles. The van der Waals surface area contributed by atoms with Crippen molar-refractivity contribution in [3.05, 3.63) is 53.6 Å². The van der Waals surface area contributed by atoms with Crippen molar-refractivity contribution in [1.82, 2.24) is 9.97 Å². The Kier molecular flexibility index (Phi) is 4.20. The van der Waals surface area contributed by atoms with E-state index in [1.54, 1.807) is 24.4 Å². The number of hydrogen-bond donors (Lipinski definition) is 2. The topological polar surface area (TPSA) is 58.0 Å². The molecule has 0 aliphatic heterocycles. The first-order valence-electron chi connectivity index (χ1n) is 5.69. The largest absolute Gasteiger partial charge is 0.390 e. The number of benzene rings is 1. The van der Waals surface area contributed by atoms with Gasteiger partial charge in [-0.05, 0) is 30.2 Å². The van der Waals surface area contributed by atoms with Gasteiger partial charge in [0, 0.05) is 12.7 Å². The fraction of sp³-hybridized carbons (Fsp3) is 0.231. The smallest absolute Gasteiger partial charge is 0.222 e. The van der Waals surface area contributed by atoms with Crippen molar-refractivity contribution in [3.8, 4) is 0 Å². The third kappa shape index (κ3) is 3.49. The van der Waals surface area contributed by atoms with Gasteiger partial charge in [-0.1, -0.05) is 12.1 Å². The van der Waals surface area contributed by atoms with Gasteiger partial charge in [0.15, 0.2) is 0 Å². The van der Waals surface area contributed by atoms with Gasteiger partial charge in [0.25, 0.3) is 0 Å². The van der Waals surface area contributed by atoms with E-state index in [1.807, 2.05) is 0 Å². The maximum atomic E-state index is 12.7. The van der Waals surface area contributed by atoms with Gasteiger partial charge in [0.05, 0.1) is 12.3 Å². The third-order valence-corrected chi connectivity index (χ3v) is 2.49. The summed E-state index contributed by atoms with van der Waals surface area (Å²) in [7, 11) is 0. The Labute approximate surface area is 105 Å². The first-order valence-corrected chi connectivity index (χ1v) is 5.69. The zero-order valence-electron chi connectivity index (χ0n) is 9.81. The van der Waals surface area contributed by atoms with Crippen LogP contribution in [0.1, 0.15) is 11.3 Å². The second-order valence-electron chi connectivity index (χ2n) is 3.83. The van der Waals surface area contributed by atoms with Crippen LogP contribution in [0.25, 0.3) is 0 Å². The van der Waals surface area contributed by atoms with Crippen LogP contribution in [0.3, 0.4) is 0 Å². The summed E-state index contributed by atoms with van der Waals surface area (Å²) in [5.41, 5.74) is 1.62. The zero-order valence-corrected chi connectivity index (χ0v) is 9.81. The molecular weight excluding hydrogens is 233 g/mol. The van der Waals surface area contributed by atoms with Crippen LogP contribution >= 0.6 is 0 Å². The van der Waals surface area contributed by atoms with Crippen LogP contribution in [-0.4, -0.2) is 21.6 Å². The molecule has 94 valence electrons. The molecule has 4 nitrogen and oxygen atoms in total. The monoisotopic (exact) mass is 247 g/mol. The number of hydrogen-bond acceptors (Lipinski definition) is 4. The average Bonchev–Trinajstić information content (AvgIpc) is 2.41. The number of rotatable bonds is 5. The molecule has 0 atom stereocenters. The van der Waals surface area contributed by atoms with E-state index < -0.39 is 0 Å². The highest BCUT2D eigenvalue weighted by molar-refractivity contribution is 5.26. The molecular formula is C13H14FN3O. The molecule has 0 saturated carbocycles. The molecule has 0 spiro atoms. The van der Waals surface area contributed by atoms with E-state index in [-0.39, 0.29) is 12.4 Å². The normalized spacial score (nSPS) is 10.3. The molecule has 1 aromatic heterocycles. The van der Waals surface area contributed by atoms with Crippen LogP contribution in [0.4, 0.5) is 10.3 Å². The minimum absolute atomic E-state index is 0.102. The number of aromatic nitrogens is 2. The lowest BCUT2D eigenvalue weighted by atomic mass is 10.1. The van der Waals surface area contributed by atoms with Gasteiger partial charge >= 0.3 is 0 Å². The van der Waals surface area contributed by atoms with Crippen molar-refractivity contribution in [3.63, 3.8) is 0 Å². The lowest BCUT2D eigenvalue weighted by Gasteiger charge is -2.05. The van der Waals surface area contributed by atoms with Crippen molar-refractivity contribution in [2.24, 2.45) is 0 Å². The van der Waals surface area contributed by atoms with Gasteiger partial charge in [-0.15, -0.1) is 0 Å². The molecule has 0 saturated heterocycles. The van der Waals surface area contributed by atoms with E-state index in [1.165, 1.54) is 12.1 Å². The Bertz CT molecular complexity index is 502. The van der Waals surface area contributed by atoms with Gasteiger partial charge in [-0.2, -0.15) is 0 Å². The number of aliphatic hydroxyl groups excluding tert-OH is 1. The quantitative estimate of drug-likeness (QED) is 0.845. The van der Waals surface area contributed by atoms with Gasteiger partial charge in [0.1, 0.15) is 5.82 Å². The highest BCUT2D eigenvalue weighted by Crippen LogP contribution is 2.05. The SMILES string of the molecule is OCc1ccnc(NCCc2ccc(F)cc2)n1. The lowest BCUT2D eigenvalue weighted by molar-refractivity contribution is 0.277. The number of halogens is 1. The van der Waals surface area contributed by atoms with Crippen molar-refractivity contribution in [1.29, 1.82) is 0 Å². The molecule has 2 N–H and O–H groups in total. The molecule has 1 aromatic carbocycles. The number of anilines is 1. The van der Waals surface area contributed by atoms with Crippen LogP contribution < -0.4 is 5.32 Å². The molecule has 5 heteroatoms. The van der Waals surface area contributed by atoms with E-state index in [4.69, 9.17) is 5.11 Å². The second kappa shape index (κ2) is 6.07. The van der Waals surface area contributed by atoms with Gasteiger partial charge in [0.2, 0.25) is 5.95 Å². The van der Waals surface area contributed by atoms with E-state index in [9.17, 15) is 4.39 Å². The Hall–Kier alpha value is -2.01. The molecule has 0 aliphatic rings. The number of aliphatic hydroxyl groups is 1. The van der Waals surface area contributed by atoms with Crippen LogP contribution in [0.5, 0.6) is 0 Å². The molecule has 0 amide bonds. The van der Waals surface area contributed by atoms with E-state index in [2.05, 4.69) is 15.3 Å². The molecule has 18 heavy (non-hydrogen) atoms. The summed E-state index contributed by atoms with van der Waals surface area (Å²) in [4.78, 5) is 8.14. The molecule has 0 unspecified atom stereocenters. The predicted molar refractivity (Wildman–Crippen MR) is 66.5 cm³/mol. The fourth-order valence-electron chi connectivity index (χ4n) is 1.54. The molecule has 2 rings (SSSR count). The number of nitrogens with zero attached hydrogens (tertiary/aromatic N) is 2. The van der Waals surface area contributed by atoms with Crippen LogP contribution in [0.2, 0.25) is 0 Å². The van der Waals surface area contributed by atoms with Gasteiger partial charge in [-0.25, -0.2) is 14.4 Å². The molecule has 1 heterocycles. The zero-order chi connectivity index (χ0) is 12.8. The summed E-state index contributed by atoms with van der Waals surface area (Å²) in [6.45, 7) is 0.551. The van der Waals surface area contributed by atoms with Crippen molar-refractivity contribution >= 4 is 5.95 Å². The van der Waals surface area contributed by atoms with Crippen molar-refractivity contribution in [2.45, 2.75) is 13.0 Å². The Morgan fingerprint density at radius 2 is 1.94 bits per heavy atom. The molecule has 0 bridgehead atoms. The first-order chi connectivity index (χ1) is 8.78. The maximum Gasteiger partial charge on any atom is 0.222 e. The summed E-state index contributed by atoms with van der Waals surface area (Å²) in [5, 5.41) is 12.0. The first kappa shape index (κ1) is 12.4. The lowest BCUT2D eigenvalue weighted by Crippen LogP contribution is -2.08. The highest BCUT2D eigenvalue weighted by atomic mass is 19.1. The predicted octanol–water partition coefficient (Wildman–Crippen LogP) is 1.76. The van der Waals surface area contributed by atoms with E-state index in [0.29, 0.717) is 18.2 Å². The minimum Gasteiger partial charge on any atom is -0.390 e. The summed E-state index contributed by atoms with van der Waals surface area (Å²) < 4.78 is 12.7. The molecule has 2 aromatic rings. The van der Waals surface area contributed by atoms with Crippen LogP contribution in [0.15, 0.2) is 36.5 Å². The van der Waals surface area contributed by atoms with E-state index in [0.717, 1.165) is 12.0 Å². The average molecular weight is 247 g/mol. The third-order valence-electron chi connectivity index (χ3n) is 2.49. The number of nitrogens with one attached hydrogen (secondary N) is 1. The summed E-state index contributed by atoms with van der Waals surface area (Å²) in [5.74, 6) is 0.259. The molecule has 0 radical (unpaired) electrons. The maximum absolute atomic E-state index is 12.7. The van der Waals surface area contributed by atoms with Gasteiger partial charge < -0.3 is 10.4 Å². The standard InChI is InChI=1S/C13H14FN3O/c14-11-3-1-10(2-4-11)5-7-15-13-16-8-6-12(9-18)17-13/h1-4,6,8,18H,5,7,9H2,(H,15,16,17). The minimum atomic E-state index is -0.231.